The Balaban J connectivity index is 1.78. The first-order valence-corrected chi connectivity index (χ1v) is 10.6. The smallest absolute Gasteiger partial charge is 0.0616 e. The van der Waals surface area contributed by atoms with E-state index < -0.39 is 0 Å². The van der Waals surface area contributed by atoms with Gasteiger partial charge in [-0.3, -0.25) is 4.90 Å². The Morgan fingerprint density at radius 3 is 2.50 bits per heavy atom. The monoisotopic (exact) mass is 364 g/mol. The van der Waals surface area contributed by atoms with Gasteiger partial charge in [0.2, 0.25) is 0 Å². The quantitative estimate of drug-likeness (QED) is 0.666. The number of benzene rings is 2. The molecule has 2 nitrogen and oxygen atoms in total. The summed E-state index contributed by atoms with van der Waals surface area (Å²) in [6.07, 6.45) is 1.21. The Hall–Kier alpha value is -1.68. The second kappa shape index (κ2) is 7.91. The zero-order valence-electron chi connectivity index (χ0n) is 15.7. The van der Waals surface area contributed by atoms with Crippen LogP contribution < -0.4 is 5.32 Å². The van der Waals surface area contributed by atoms with Gasteiger partial charge in [-0.05, 0) is 52.4 Å². The van der Waals surface area contributed by atoms with E-state index in [0.29, 0.717) is 12.0 Å². The van der Waals surface area contributed by atoms with Crippen LogP contribution in [0.15, 0.2) is 53.9 Å². The van der Waals surface area contributed by atoms with Crippen LogP contribution >= 0.6 is 11.3 Å². The van der Waals surface area contributed by atoms with Gasteiger partial charge in [0.15, 0.2) is 0 Å². The fraction of sp³-hybridized carbons (Fsp3) is 0.391. The lowest BCUT2D eigenvalue weighted by molar-refractivity contribution is 0.242. The fourth-order valence-corrected chi connectivity index (χ4v) is 4.96. The third-order valence-corrected chi connectivity index (χ3v) is 6.45. The van der Waals surface area contributed by atoms with Crippen LogP contribution in [0.2, 0.25) is 0 Å². The molecule has 1 unspecified atom stereocenters. The number of hydrogen-bond donors (Lipinski definition) is 1. The van der Waals surface area contributed by atoms with E-state index in [9.17, 15) is 0 Å². The topological polar surface area (TPSA) is 15.3 Å². The van der Waals surface area contributed by atoms with Crippen molar-refractivity contribution in [3.05, 3.63) is 70.6 Å². The summed E-state index contributed by atoms with van der Waals surface area (Å²) in [5.74, 6) is 0.576. The van der Waals surface area contributed by atoms with Crippen molar-refractivity contribution in [1.82, 2.24) is 10.2 Å². The van der Waals surface area contributed by atoms with Gasteiger partial charge in [-0.25, -0.2) is 0 Å². The predicted molar refractivity (Wildman–Crippen MR) is 113 cm³/mol. The molecule has 0 spiro atoms. The van der Waals surface area contributed by atoms with Gasteiger partial charge in [-0.1, -0.05) is 56.3 Å². The average Bonchev–Trinajstić information content (AvgIpc) is 2.90. The van der Waals surface area contributed by atoms with Crippen molar-refractivity contribution in [1.29, 1.82) is 0 Å². The van der Waals surface area contributed by atoms with Gasteiger partial charge in [0.1, 0.15) is 0 Å². The van der Waals surface area contributed by atoms with Gasteiger partial charge in [0.05, 0.1) is 6.04 Å². The minimum Gasteiger partial charge on any atom is -0.315 e. The number of thiophene rings is 1. The van der Waals surface area contributed by atoms with Crippen molar-refractivity contribution in [2.75, 3.05) is 26.2 Å². The van der Waals surface area contributed by atoms with E-state index >= 15 is 0 Å². The maximum absolute atomic E-state index is 3.55. The van der Waals surface area contributed by atoms with Crippen LogP contribution in [0, 0.1) is 0 Å². The summed E-state index contributed by atoms with van der Waals surface area (Å²) >= 11 is 1.87. The highest BCUT2D eigenvalue weighted by Crippen LogP contribution is 2.37. The van der Waals surface area contributed by atoms with Gasteiger partial charge in [0, 0.05) is 24.3 Å². The van der Waals surface area contributed by atoms with Crippen LogP contribution in [-0.2, 0) is 0 Å². The Bertz CT molecular complexity index is 842. The Kier molecular flexibility index (Phi) is 5.39. The molecule has 0 saturated carbocycles. The molecule has 3 aromatic rings. The molecule has 26 heavy (non-hydrogen) atoms. The van der Waals surface area contributed by atoms with Gasteiger partial charge < -0.3 is 5.32 Å². The molecule has 0 amide bonds. The van der Waals surface area contributed by atoms with Gasteiger partial charge >= 0.3 is 0 Å². The largest absolute Gasteiger partial charge is 0.315 e. The van der Waals surface area contributed by atoms with Crippen molar-refractivity contribution < 1.29 is 0 Å². The number of nitrogens with zero attached hydrogens (tertiary/aromatic N) is 1. The lowest BCUT2D eigenvalue weighted by Gasteiger charge is -2.31. The van der Waals surface area contributed by atoms with Crippen LogP contribution in [0.1, 0.15) is 48.9 Å². The third-order valence-electron chi connectivity index (χ3n) is 5.46. The molecule has 1 aromatic heterocycles. The molecule has 136 valence electrons. The molecule has 4 rings (SSSR count). The SMILES string of the molecule is CC(C)c1ccc(C(c2csc3ccccc23)N2CCCNCC2)cc1. The molecule has 1 saturated heterocycles. The van der Waals surface area contributed by atoms with E-state index in [4.69, 9.17) is 0 Å². The standard InChI is InChI=1S/C23H28N2S/c1-17(2)18-8-10-19(11-9-18)23(25-14-5-12-24-13-15-25)21-16-26-22-7-4-3-6-20(21)22/h3-4,6-11,16-17,23-24H,5,12-15H2,1-2H3. The summed E-state index contributed by atoms with van der Waals surface area (Å²) in [6.45, 7) is 8.97. The summed E-state index contributed by atoms with van der Waals surface area (Å²) < 4.78 is 1.39. The molecule has 0 radical (unpaired) electrons. The number of hydrogen-bond acceptors (Lipinski definition) is 3. The number of nitrogens with one attached hydrogen (secondary N) is 1. The zero-order chi connectivity index (χ0) is 17.9. The first-order valence-electron chi connectivity index (χ1n) is 9.75. The molecule has 1 aliphatic heterocycles. The molecule has 2 aromatic carbocycles. The number of rotatable bonds is 4. The van der Waals surface area contributed by atoms with Crippen LogP contribution in [0.4, 0.5) is 0 Å². The Morgan fingerprint density at radius 1 is 0.923 bits per heavy atom. The lowest BCUT2D eigenvalue weighted by atomic mass is 9.93. The predicted octanol–water partition coefficient (Wildman–Crippen LogP) is 5.41. The first kappa shape index (κ1) is 17.7. The van der Waals surface area contributed by atoms with Crippen molar-refractivity contribution in [3.8, 4) is 0 Å². The lowest BCUT2D eigenvalue weighted by Crippen LogP contribution is -2.32. The molecule has 0 aliphatic carbocycles. The van der Waals surface area contributed by atoms with Gasteiger partial charge in [-0.2, -0.15) is 0 Å². The third kappa shape index (κ3) is 3.57. The normalized spacial score (nSPS) is 17.5. The average molecular weight is 365 g/mol. The van der Waals surface area contributed by atoms with E-state index in [1.54, 1.807) is 0 Å². The van der Waals surface area contributed by atoms with Crippen LogP contribution in [-0.4, -0.2) is 31.1 Å². The molecular formula is C23H28N2S. The Labute approximate surface area is 160 Å². The van der Waals surface area contributed by atoms with Crippen LogP contribution in [0.3, 0.4) is 0 Å². The van der Waals surface area contributed by atoms with Crippen molar-refractivity contribution >= 4 is 21.4 Å². The summed E-state index contributed by atoms with van der Waals surface area (Å²) in [5, 5.41) is 7.34. The maximum atomic E-state index is 3.55. The molecular weight excluding hydrogens is 336 g/mol. The zero-order valence-corrected chi connectivity index (χ0v) is 16.6. The number of fused-ring (bicyclic) bond motifs is 1. The van der Waals surface area contributed by atoms with Crippen molar-refractivity contribution in [2.24, 2.45) is 0 Å². The van der Waals surface area contributed by atoms with Gasteiger partial charge in [0.25, 0.3) is 0 Å². The highest BCUT2D eigenvalue weighted by Gasteiger charge is 2.25. The van der Waals surface area contributed by atoms with Crippen LogP contribution in [0.25, 0.3) is 10.1 Å². The molecule has 1 fully saturated rings. The fourth-order valence-electron chi connectivity index (χ4n) is 3.99. The summed E-state index contributed by atoms with van der Waals surface area (Å²) in [4.78, 5) is 2.67. The Morgan fingerprint density at radius 2 is 1.69 bits per heavy atom. The molecule has 0 bridgehead atoms. The molecule has 1 aliphatic rings. The van der Waals surface area contributed by atoms with Gasteiger partial charge in [-0.15, -0.1) is 11.3 Å². The molecule has 1 N–H and O–H groups in total. The van der Waals surface area contributed by atoms with E-state index in [1.165, 1.54) is 33.2 Å². The second-order valence-corrected chi connectivity index (χ2v) is 8.46. The summed E-state index contributed by atoms with van der Waals surface area (Å²) in [5.41, 5.74) is 4.30. The van der Waals surface area contributed by atoms with E-state index in [1.807, 2.05) is 11.3 Å². The van der Waals surface area contributed by atoms with E-state index in [2.05, 4.69) is 78.0 Å². The molecule has 3 heteroatoms. The van der Waals surface area contributed by atoms with Crippen molar-refractivity contribution in [3.63, 3.8) is 0 Å². The molecule has 2 heterocycles. The van der Waals surface area contributed by atoms with Crippen molar-refractivity contribution in [2.45, 2.75) is 32.2 Å². The first-order chi connectivity index (χ1) is 12.7. The molecule has 1 atom stereocenters. The van der Waals surface area contributed by atoms with E-state index in [-0.39, 0.29) is 0 Å². The highest BCUT2D eigenvalue weighted by molar-refractivity contribution is 7.17. The second-order valence-electron chi connectivity index (χ2n) is 7.55. The van der Waals surface area contributed by atoms with E-state index in [0.717, 1.165) is 26.2 Å². The highest BCUT2D eigenvalue weighted by atomic mass is 32.1. The summed E-state index contributed by atoms with van der Waals surface area (Å²) in [7, 11) is 0. The minimum atomic E-state index is 0.340. The van der Waals surface area contributed by atoms with Crippen LogP contribution in [0.5, 0.6) is 0 Å². The maximum Gasteiger partial charge on any atom is 0.0616 e. The minimum absolute atomic E-state index is 0.340. The summed E-state index contributed by atoms with van der Waals surface area (Å²) in [6, 6.07) is 18.5.